The molecule has 4 N–H and O–H groups in total. The highest BCUT2D eigenvalue weighted by molar-refractivity contribution is 9.10. The Morgan fingerprint density at radius 3 is 1.93 bits per heavy atom. The molecule has 8 heteroatoms. The van der Waals surface area contributed by atoms with Gasteiger partial charge in [0.1, 0.15) is 17.9 Å². The lowest BCUT2D eigenvalue weighted by atomic mass is 10.0. The van der Waals surface area contributed by atoms with E-state index in [0.717, 1.165) is 10.0 Å². The van der Waals surface area contributed by atoms with Gasteiger partial charge in [0.2, 0.25) is 17.7 Å². The fourth-order valence-corrected chi connectivity index (χ4v) is 2.93. The molecule has 0 aliphatic carbocycles. The van der Waals surface area contributed by atoms with Gasteiger partial charge in [-0.1, -0.05) is 40.2 Å². The van der Waals surface area contributed by atoms with Crippen LogP contribution in [-0.2, 0) is 27.2 Å². The second-order valence-electron chi connectivity index (χ2n) is 6.38. The summed E-state index contributed by atoms with van der Waals surface area (Å²) in [6.07, 6.45) is 0.368. The first-order chi connectivity index (χ1) is 13.2. The Bertz CT molecular complexity index is 841. The Balaban J connectivity index is 2.11. The zero-order chi connectivity index (χ0) is 20.7. The van der Waals surface area contributed by atoms with Gasteiger partial charge in [-0.15, -0.1) is 0 Å². The molecule has 0 spiro atoms. The number of hydrogen-bond donors (Lipinski definition) is 3. The van der Waals surface area contributed by atoms with Gasteiger partial charge in [-0.2, -0.15) is 0 Å². The minimum absolute atomic E-state index is 0.148. The van der Waals surface area contributed by atoms with Crippen molar-refractivity contribution < 1.29 is 18.8 Å². The Morgan fingerprint density at radius 2 is 1.43 bits per heavy atom. The number of amides is 3. The van der Waals surface area contributed by atoms with Crippen LogP contribution in [0.3, 0.4) is 0 Å². The molecule has 0 aliphatic rings. The molecule has 0 bridgehead atoms. The summed E-state index contributed by atoms with van der Waals surface area (Å²) in [7, 11) is 0. The average Bonchev–Trinajstić information content (AvgIpc) is 2.63. The van der Waals surface area contributed by atoms with Crippen LogP contribution in [0.15, 0.2) is 53.0 Å². The molecule has 3 amide bonds. The molecule has 0 heterocycles. The lowest BCUT2D eigenvalue weighted by Gasteiger charge is -2.22. The Kier molecular flexibility index (Phi) is 7.69. The van der Waals surface area contributed by atoms with Crippen molar-refractivity contribution in [2.24, 2.45) is 5.73 Å². The number of halogens is 2. The van der Waals surface area contributed by atoms with Crippen LogP contribution in [0.5, 0.6) is 0 Å². The summed E-state index contributed by atoms with van der Waals surface area (Å²) in [5, 5.41) is 5.16. The Hall–Kier alpha value is -2.74. The van der Waals surface area contributed by atoms with Crippen LogP contribution in [0.2, 0.25) is 0 Å². The largest absolute Gasteiger partial charge is 0.368 e. The number of hydrogen-bond acceptors (Lipinski definition) is 3. The van der Waals surface area contributed by atoms with Crippen molar-refractivity contribution in [3.8, 4) is 0 Å². The van der Waals surface area contributed by atoms with E-state index in [4.69, 9.17) is 5.73 Å². The third kappa shape index (κ3) is 6.77. The van der Waals surface area contributed by atoms with E-state index in [1.807, 2.05) is 24.3 Å². The van der Waals surface area contributed by atoms with Crippen LogP contribution in [0, 0.1) is 5.82 Å². The quantitative estimate of drug-likeness (QED) is 0.572. The van der Waals surface area contributed by atoms with Crippen molar-refractivity contribution in [3.05, 3.63) is 69.9 Å². The smallest absolute Gasteiger partial charge is 0.243 e. The predicted molar refractivity (Wildman–Crippen MR) is 107 cm³/mol. The number of carbonyl (C=O) groups excluding carboxylic acids is 3. The van der Waals surface area contributed by atoms with Gasteiger partial charge in [-0.05, 0) is 35.4 Å². The van der Waals surface area contributed by atoms with Crippen molar-refractivity contribution in [2.45, 2.75) is 31.8 Å². The molecule has 2 rings (SSSR count). The molecular formula is C20H21BrFN3O3. The van der Waals surface area contributed by atoms with Gasteiger partial charge in [-0.25, -0.2) is 4.39 Å². The van der Waals surface area contributed by atoms with Gasteiger partial charge in [-0.3, -0.25) is 14.4 Å². The van der Waals surface area contributed by atoms with Crippen molar-refractivity contribution in [1.82, 2.24) is 10.6 Å². The summed E-state index contributed by atoms with van der Waals surface area (Å²) in [6.45, 7) is 1.29. The normalized spacial score (nSPS) is 12.7. The topological polar surface area (TPSA) is 101 Å². The average molecular weight is 450 g/mol. The van der Waals surface area contributed by atoms with Crippen molar-refractivity contribution in [2.75, 3.05) is 0 Å². The molecule has 2 aromatic rings. The fourth-order valence-electron chi connectivity index (χ4n) is 2.66. The van der Waals surface area contributed by atoms with E-state index in [1.165, 1.54) is 31.2 Å². The van der Waals surface area contributed by atoms with E-state index in [9.17, 15) is 18.8 Å². The molecule has 2 aromatic carbocycles. The van der Waals surface area contributed by atoms with E-state index < -0.39 is 35.6 Å². The lowest BCUT2D eigenvalue weighted by molar-refractivity contribution is -0.130. The van der Waals surface area contributed by atoms with E-state index in [2.05, 4.69) is 26.6 Å². The van der Waals surface area contributed by atoms with E-state index in [0.29, 0.717) is 5.56 Å². The first-order valence-electron chi connectivity index (χ1n) is 8.60. The van der Waals surface area contributed by atoms with Crippen molar-refractivity contribution >= 4 is 33.7 Å². The molecule has 0 fully saturated rings. The standard InChI is InChI=1S/C20H21BrFN3O3/c1-12(26)24-18(11-14-4-8-16(22)9-5-14)20(28)25-17(19(23)27)10-13-2-6-15(21)7-3-13/h2-9,17-18H,10-11H2,1H3,(H2,23,27)(H,24,26)(H,25,28)/t17-,18+/m0/s1. The molecule has 2 atom stereocenters. The van der Waals surface area contributed by atoms with Gasteiger partial charge in [0.25, 0.3) is 0 Å². The summed E-state index contributed by atoms with van der Waals surface area (Å²) < 4.78 is 14.0. The SMILES string of the molecule is CC(=O)N[C@H](Cc1ccc(F)cc1)C(=O)N[C@@H](Cc1ccc(Br)cc1)C(N)=O. The molecule has 0 aliphatic heterocycles. The van der Waals surface area contributed by atoms with Gasteiger partial charge in [0, 0.05) is 24.2 Å². The summed E-state index contributed by atoms with van der Waals surface area (Å²) in [5.41, 5.74) is 6.93. The first-order valence-corrected chi connectivity index (χ1v) is 9.39. The third-order valence-electron chi connectivity index (χ3n) is 4.06. The zero-order valence-electron chi connectivity index (χ0n) is 15.2. The second-order valence-corrected chi connectivity index (χ2v) is 7.29. The highest BCUT2D eigenvalue weighted by atomic mass is 79.9. The van der Waals surface area contributed by atoms with Gasteiger partial charge in [0.15, 0.2) is 0 Å². The van der Waals surface area contributed by atoms with Crippen LogP contribution >= 0.6 is 15.9 Å². The van der Waals surface area contributed by atoms with E-state index in [1.54, 1.807) is 0 Å². The molecule has 0 unspecified atom stereocenters. The minimum Gasteiger partial charge on any atom is -0.368 e. The summed E-state index contributed by atoms with van der Waals surface area (Å²) in [6, 6.07) is 11.0. The third-order valence-corrected chi connectivity index (χ3v) is 4.59. The van der Waals surface area contributed by atoms with Gasteiger partial charge in [0.05, 0.1) is 0 Å². The molecule has 6 nitrogen and oxygen atoms in total. The Morgan fingerprint density at radius 1 is 0.929 bits per heavy atom. The molecule has 0 radical (unpaired) electrons. The number of rotatable bonds is 8. The molecule has 0 aromatic heterocycles. The monoisotopic (exact) mass is 449 g/mol. The number of nitrogens with one attached hydrogen (secondary N) is 2. The maximum absolute atomic E-state index is 13.1. The molecular weight excluding hydrogens is 429 g/mol. The van der Waals surface area contributed by atoms with Crippen LogP contribution in [-0.4, -0.2) is 29.8 Å². The second kappa shape index (κ2) is 9.98. The predicted octanol–water partition coefficient (Wildman–Crippen LogP) is 1.85. The number of carbonyl (C=O) groups is 3. The summed E-state index contributed by atoms with van der Waals surface area (Å²) >= 11 is 3.33. The highest BCUT2D eigenvalue weighted by Gasteiger charge is 2.25. The number of benzene rings is 2. The summed E-state index contributed by atoms with van der Waals surface area (Å²) in [5.74, 6) is -2.02. The van der Waals surface area contributed by atoms with Gasteiger partial charge >= 0.3 is 0 Å². The first kappa shape index (κ1) is 21.6. The Labute approximate surface area is 170 Å². The van der Waals surface area contributed by atoms with Crippen LogP contribution in [0.1, 0.15) is 18.1 Å². The molecule has 148 valence electrons. The van der Waals surface area contributed by atoms with E-state index >= 15 is 0 Å². The van der Waals surface area contributed by atoms with Crippen LogP contribution in [0.25, 0.3) is 0 Å². The maximum atomic E-state index is 13.1. The van der Waals surface area contributed by atoms with Gasteiger partial charge < -0.3 is 16.4 Å². The van der Waals surface area contributed by atoms with Crippen molar-refractivity contribution in [3.63, 3.8) is 0 Å². The molecule has 0 saturated heterocycles. The van der Waals surface area contributed by atoms with E-state index in [-0.39, 0.29) is 12.8 Å². The van der Waals surface area contributed by atoms with Crippen LogP contribution < -0.4 is 16.4 Å². The lowest BCUT2D eigenvalue weighted by Crippen LogP contribution is -2.54. The number of nitrogens with two attached hydrogens (primary N) is 1. The fraction of sp³-hybridized carbons (Fsp3) is 0.250. The molecule has 0 saturated carbocycles. The van der Waals surface area contributed by atoms with Crippen LogP contribution in [0.4, 0.5) is 4.39 Å². The highest BCUT2D eigenvalue weighted by Crippen LogP contribution is 2.12. The maximum Gasteiger partial charge on any atom is 0.243 e. The number of primary amides is 1. The zero-order valence-corrected chi connectivity index (χ0v) is 16.8. The molecule has 28 heavy (non-hydrogen) atoms. The minimum atomic E-state index is -0.932. The summed E-state index contributed by atoms with van der Waals surface area (Å²) in [4.78, 5) is 36.0. The van der Waals surface area contributed by atoms with Crippen molar-refractivity contribution in [1.29, 1.82) is 0 Å².